The van der Waals surface area contributed by atoms with Gasteiger partial charge in [-0.2, -0.15) is 13.2 Å². The average molecular weight is 363 g/mol. The van der Waals surface area contributed by atoms with Crippen LogP contribution in [-0.4, -0.2) is 46.7 Å². The Hall–Kier alpha value is -2.84. The average Bonchev–Trinajstić information content (AvgIpc) is 3.27. The highest BCUT2D eigenvalue weighted by Crippen LogP contribution is 2.34. The van der Waals surface area contributed by atoms with Crippen LogP contribution in [0.2, 0.25) is 0 Å². The molecule has 2 N–H and O–H groups in total. The third-order valence-electron chi connectivity index (χ3n) is 4.63. The fourth-order valence-electron chi connectivity index (χ4n) is 3.43. The van der Waals surface area contributed by atoms with Crippen LogP contribution in [0.5, 0.6) is 0 Å². The Morgan fingerprint density at radius 1 is 1.35 bits per heavy atom. The van der Waals surface area contributed by atoms with Gasteiger partial charge in [-0.25, -0.2) is 9.97 Å². The number of nitrogens with one attached hydrogen (secondary N) is 2. The highest BCUT2D eigenvalue weighted by atomic mass is 19.4. The summed E-state index contributed by atoms with van der Waals surface area (Å²) in [5.74, 6) is -1.02. The third-order valence-corrected chi connectivity index (χ3v) is 4.63. The summed E-state index contributed by atoms with van der Waals surface area (Å²) in [6, 6.07) is 3.79. The Bertz CT molecular complexity index is 968. The van der Waals surface area contributed by atoms with Gasteiger partial charge in [-0.05, 0) is 18.6 Å². The van der Waals surface area contributed by atoms with E-state index in [1.165, 1.54) is 0 Å². The lowest BCUT2D eigenvalue weighted by Gasteiger charge is -2.21. The van der Waals surface area contributed by atoms with Crippen LogP contribution in [-0.2, 0) is 4.79 Å². The van der Waals surface area contributed by atoms with Crippen LogP contribution in [0.25, 0.3) is 21.9 Å². The van der Waals surface area contributed by atoms with Crippen LogP contribution >= 0.6 is 0 Å². The summed E-state index contributed by atoms with van der Waals surface area (Å²) < 4.78 is 36.9. The zero-order valence-electron chi connectivity index (χ0n) is 13.7. The summed E-state index contributed by atoms with van der Waals surface area (Å²) in [7, 11) is 0. The molecule has 0 radical (unpaired) electrons. The smallest absolute Gasteiger partial charge is 0.370 e. The quantitative estimate of drug-likeness (QED) is 0.750. The number of halogens is 3. The summed E-state index contributed by atoms with van der Waals surface area (Å²) in [6.45, 7) is -0.320. The lowest BCUT2D eigenvalue weighted by Crippen LogP contribution is -2.38. The van der Waals surface area contributed by atoms with Crippen molar-refractivity contribution in [3.8, 4) is 0 Å². The van der Waals surface area contributed by atoms with Crippen molar-refractivity contribution in [2.75, 3.05) is 24.5 Å². The van der Waals surface area contributed by atoms with Gasteiger partial charge in [-0.3, -0.25) is 4.79 Å². The molecular formula is C17H16F3N5O. The summed E-state index contributed by atoms with van der Waals surface area (Å²) in [5, 5.41) is 3.83. The molecule has 0 saturated carbocycles. The van der Waals surface area contributed by atoms with Crippen molar-refractivity contribution < 1.29 is 18.0 Å². The molecule has 4 heterocycles. The topological polar surface area (TPSA) is 73.9 Å². The first-order valence-electron chi connectivity index (χ1n) is 8.22. The maximum Gasteiger partial charge on any atom is 0.405 e. The first-order valence-corrected chi connectivity index (χ1v) is 8.22. The summed E-state index contributed by atoms with van der Waals surface area (Å²) >= 11 is 0. The maximum atomic E-state index is 12.3. The standard InChI is InChI=1S/C17H16F3N5O/c18-17(19,20)9-24-16(26)10-3-6-25(8-10)13-2-5-21-12-7-23-15-11(14(12)13)1-4-22-15/h1-2,4-5,7,10,21H,3,6,8-9H2,(H,24,26). The van der Waals surface area contributed by atoms with Gasteiger partial charge in [-0.1, -0.05) is 0 Å². The fraction of sp³-hybridized carbons (Fsp3) is 0.353. The van der Waals surface area contributed by atoms with Gasteiger partial charge < -0.3 is 15.2 Å². The van der Waals surface area contributed by atoms with Crippen molar-refractivity contribution in [1.29, 1.82) is 0 Å². The molecule has 0 aliphatic carbocycles. The van der Waals surface area contributed by atoms with Crippen molar-refractivity contribution in [2.24, 2.45) is 5.92 Å². The minimum absolute atomic E-state index is 0.376. The van der Waals surface area contributed by atoms with Crippen LogP contribution in [0.15, 0.2) is 30.7 Å². The van der Waals surface area contributed by atoms with Crippen LogP contribution in [0.1, 0.15) is 6.42 Å². The number of fused-ring (bicyclic) bond motifs is 3. The maximum absolute atomic E-state index is 12.3. The lowest BCUT2D eigenvalue weighted by molar-refractivity contribution is -0.140. The Kier molecular flexibility index (Phi) is 3.93. The van der Waals surface area contributed by atoms with Crippen molar-refractivity contribution >= 4 is 33.5 Å². The number of carbonyl (C=O) groups excluding carboxylic acids is 1. The number of rotatable bonds is 3. The predicted molar refractivity (Wildman–Crippen MR) is 90.8 cm³/mol. The molecule has 0 bridgehead atoms. The van der Waals surface area contributed by atoms with Crippen molar-refractivity contribution in [2.45, 2.75) is 12.6 Å². The molecule has 6 nitrogen and oxygen atoms in total. The molecule has 136 valence electrons. The summed E-state index contributed by atoms with van der Waals surface area (Å²) in [5.41, 5.74) is 2.40. The van der Waals surface area contributed by atoms with E-state index in [9.17, 15) is 18.0 Å². The van der Waals surface area contributed by atoms with Crippen LogP contribution < -0.4 is 10.2 Å². The Morgan fingerprint density at radius 3 is 3.00 bits per heavy atom. The highest BCUT2D eigenvalue weighted by Gasteiger charge is 2.33. The number of carbonyl (C=O) groups is 1. The van der Waals surface area contributed by atoms with E-state index < -0.39 is 24.5 Å². The largest absolute Gasteiger partial charge is 0.405 e. The normalized spacial score (nSPS) is 18.0. The van der Waals surface area contributed by atoms with E-state index in [-0.39, 0.29) is 0 Å². The second kappa shape index (κ2) is 6.15. The summed E-state index contributed by atoms with van der Waals surface area (Å²) in [4.78, 5) is 25.7. The molecule has 3 aromatic rings. The number of pyridine rings is 2. The van der Waals surface area contributed by atoms with Crippen molar-refractivity contribution in [3.05, 3.63) is 30.7 Å². The molecule has 1 aliphatic rings. The third kappa shape index (κ3) is 3.04. The monoisotopic (exact) mass is 363 g/mol. The molecule has 4 rings (SSSR count). The van der Waals surface area contributed by atoms with E-state index >= 15 is 0 Å². The van der Waals surface area contributed by atoms with Gasteiger partial charge in [0.25, 0.3) is 0 Å². The minimum atomic E-state index is -4.40. The molecule has 1 fully saturated rings. The van der Waals surface area contributed by atoms with E-state index in [1.54, 1.807) is 18.6 Å². The number of alkyl halides is 3. The van der Waals surface area contributed by atoms with Crippen LogP contribution in [0.3, 0.4) is 0 Å². The molecule has 1 unspecified atom stereocenters. The molecule has 1 aliphatic heterocycles. The molecule has 0 spiro atoms. The number of anilines is 1. The molecule has 9 heteroatoms. The van der Waals surface area contributed by atoms with E-state index in [1.807, 2.05) is 22.3 Å². The van der Waals surface area contributed by atoms with Gasteiger partial charge in [0.05, 0.1) is 17.6 Å². The number of aromatic amines is 1. The van der Waals surface area contributed by atoms with E-state index in [2.05, 4.69) is 15.0 Å². The Balaban J connectivity index is 1.59. The van der Waals surface area contributed by atoms with Gasteiger partial charge in [0.2, 0.25) is 5.91 Å². The zero-order valence-corrected chi connectivity index (χ0v) is 13.7. The van der Waals surface area contributed by atoms with Crippen molar-refractivity contribution in [3.63, 3.8) is 0 Å². The second-order valence-electron chi connectivity index (χ2n) is 6.36. The minimum Gasteiger partial charge on any atom is -0.370 e. The van der Waals surface area contributed by atoms with Crippen LogP contribution in [0.4, 0.5) is 18.9 Å². The number of hydrogen-bond acceptors (Lipinski definition) is 4. The number of aromatic nitrogens is 3. The molecule has 1 saturated heterocycles. The lowest BCUT2D eigenvalue weighted by atomic mass is 10.1. The zero-order chi connectivity index (χ0) is 18.3. The molecule has 3 aromatic heterocycles. The highest BCUT2D eigenvalue weighted by molar-refractivity contribution is 6.10. The number of hydrogen-bond donors (Lipinski definition) is 2. The number of nitrogens with zero attached hydrogens (tertiary/aromatic N) is 3. The molecule has 1 amide bonds. The molecular weight excluding hydrogens is 347 g/mol. The number of H-pyrrole nitrogens is 1. The predicted octanol–water partition coefficient (Wildman–Crippen LogP) is 2.62. The van der Waals surface area contributed by atoms with E-state index in [4.69, 9.17) is 0 Å². The van der Waals surface area contributed by atoms with Gasteiger partial charge in [-0.15, -0.1) is 0 Å². The molecule has 0 aromatic carbocycles. The SMILES string of the molecule is O=C(NCC(F)(F)F)C1CCN(c2cc[nH]c3cnc4nccc4c23)C1. The van der Waals surface area contributed by atoms with Gasteiger partial charge in [0.15, 0.2) is 5.65 Å². The summed E-state index contributed by atoms with van der Waals surface area (Å²) in [6.07, 6.45) is 1.29. The van der Waals surface area contributed by atoms with E-state index in [0.29, 0.717) is 25.2 Å². The first-order chi connectivity index (χ1) is 12.4. The Labute approximate surface area is 146 Å². The molecule has 1 atom stereocenters. The van der Waals surface area contributed by atoms with Gasteiger partial charge >= 0.3 is 6.18 Å². The van der Waals surface area contributed by atoms with Crippen LogP contribution in [0, 0.1) is 5.92 Å². The Morgan fingerprint density at radius 2 is 2.19 bits per heavy atom. The van der Waals surface area contributed by atoms with Gasteiger partial charge in [0.1, 0.15) is 6.54 Å². The number of amides is 1. The van der Waals surface area contributed by atoms with Gasteiger partial charge in [0, 0.05) is 41.9 Å². The second-order valence-corrected chi connectivity index (χ2v) is 6.36. The van der Waals surface area contributed by atoms with E-state index in [0.717, 1.165) is 22.0 Å². The van der Waals surface area contributed by atoms with Crippen molar-refractivity contribution in [1.82, 2.24) is 20.3 Å². The molecule has 26 heavy (non-hydrogen) atoms. The fourth-order valence-corrected chi connectivity index (χ4v) is 3.43. The first kappa shape index (κ1) is 16.6.